The Hall–Kier alpha value is -2.53. The summed E-state index contributed by atoms with van der Waals surface area (Å²) in [6.45, 7) is 4.70. The molecule has 1 atom stereocenters. The van der Waals surface area contributed by atoms with Crippen LogP contribution < -0.4 is 9.46 Å². The molecular formula is C24H27N3OS. The number of benzene rings is 2. The molecule has 0 saturated heterocycles. The quantitative estimate of drug-likeness (QED) is 0.444. The second kappa shape index (κ2) is 8.87. The molecule has 4 nitrogen and oxygen atoms in total. The average Bonchev–Trinajstić information content (AvgIpc) is 2.73. The zero-order valence-corrected chi connectivity index (χ0v) is 17.8. The van der Waals surface area contributed by atoms with E-state index in [1.807, 2.05) is 54.6 Å². The molecular weight excluding hydrogens is 378 g/mol. The van der Waals surface area contributed by atoms with E-state index in [2.05, 4.69) is 35.7 Å². The topological polar surface area (TPSA) is 47.0 Å². The maximum Gasteiger partial charge on any atom is 0.236 e. The highest BCUT2D eigenvalue weighted by atomic mass is 32.2. The zero-order valence-electron chi connectivity index (χ0n) is 17.0. The van der Waals surface area contributed by atoms with Crippen molar-refractivity contribution in [2.24, 2.45) is 5.41 Å². The van der Waals surface area contributed by atoms with Crippen LogP contribution in [-0.4, -0.2) is 9.97 Å². The molecule has 0 aliphatic heterocycles. The standard InChI is InChI=1S/C24H27N3OS/c1-24(2)16-10-9-15-20(24)21-17-22(28-18-11-5-3-6-12-18)26-23(25-21)27-29-19-13-7-4-8-14-19/h3-8,11-14,17,20H,9-10,15-16H2,1-2H3,(H,25,26,27). The molecule has 0 radical (unpaired) electrons. The molecule has 1 aliphatic rings. The predicted molar refractivity (Wildman–Crippen MR) is 119 cm³/mol. The Bertz CT molecular complexity index is 931. The Labute approximate surface area is 177 Å². The van der Waals surface area contributed by atoms with Gasteiger partial charge in [0.1, 0.15) is 5.75 Å². The van der Waals surface area contributed by atoms with Crippen LogP contribution in [0.25, 0.3) is 0 Å². The Kier molecular flexibility index (Phi) is 6.05. The molecule has 0 spiro atoms. The van der Waals surface area contributed by atoms with Gasteiger partial charge < -0.3 is 4.74 Å². The Morgan fingerprint density at radius 1 is 0.966 bits per heavy atom. The fraction of sp³-hybridized carbons (Fsp3) is 0.333. The van der Waals surface area contributed by atoms with E-state index < -0.39 is 0 Å². The molecule has 1 N–H and O–H groups in total. The van der Waals surface area contributed by atoms with Crippen molar-refractivity contribution in [3.8, 4) is 11.6 Å². The monoisotopic (exact) mass is 405 g/mol. The van der Waals surface area contributed by atoms with Gasteiger partial charge in [-0.3, -0.25) is 4.72 Å². The average molecular weight is 406 g/mol. The number of aromatic nitrogens is 2. The van der Waals surface area contributed by atoms with Crippen molar-refractivity contribution in [3.63, 3.8) is 0 Å². The fourth-order valence-corrected chi connectivity index (χ4v) is 4.56. The molecule has 4 rings (SSSR count). The van der Waals surface area contributed by atoms with E-state index in [4.69, 9.17) is 9.72 Å². The lowest BCUT2D eigenvalue weighted by Gasteiger charge is -2.38. The van der Waals surface area contributed by atoms with Crippen LogP contribution in [0.4, 0.5) is 5.95 Å². The third kappa shape index (κ3) is 5.10. The second-order valence-corrected chi connectivity index (χ2v) is 9.05. The fourth-order valence-electron chi connectivity index (χ4n) is 3.96. The summed E-state index contributed by atoms with van der Waals surface area (Å²) in [7, 11) is 0. The lowest BCUT2D eigenvalue weighted by Crippen LogP contribution is -2.27. The molecule has 5 heteroatoms. The minimum absolute atomic E-state index is 0.223. The molecule has 3 aromatic rings. The Morgan fingerprint density at radius 3 is 2.41 bits per heavy atom. The van der Waals surface area contributed by atoms with Gasteiger partial charge in [-0.15, -0.1) is 0 Å². The first-order valence-corrected chi connectivity index (χ1v) is 11.0. The number of hydrogen-bond acceptors (Lipinski definition) is 5. The van der Waals surface area contributed by atoms with Crippen molar-refractivity contribution in [2.45, 2.75) is 50.3 Å². The number of ether oxygens (including phenoxy) is 1. The smallest absolute Gasteiger partial charge is 0.236 e. The Balaban J connectivity index is 1.63. The number of nitrogens with zero attached hydrogens (tertiary/aromatic N) is 2. The van der Waals surface area contributed by atoms with Crippen LogP contribution in [0, 0.1) is 5.41 Å². The molecule has 1 aromatic heterocycles. The van der Waals surface area contributed by atoms with Gasteiger partial charge in [0.05, 0.1) is 5.69 Å². The van der Waals surface area contributed by atoms with Gasteiger partial charge in [-0.25, -0.2) is 4.98 Å². The van der Waals surface area contributed by atoms with Crippen molar-refractivity contribution in [1.29, 1.82) is 0 Å². The van der Waals surface area contributed by atoms with E-state index in [0.717, 1.165) is 22.8 Å². The maximum atomic E-state index is 6.07. The minimum atomic E-state index is 0.223. The summed E-state index contributed by atoms with van der Waals surface area (Å²) >= 11 is 1.51. The van der Waals surface area contributed by atoms with E-state index in [1.54, 1.807) is 0 Å². The largest absolute Gasteiger partial charge is 0.439 e. The number of nitrogens with one attached hydrogen (secondary N) is 1. The van der Waals surface area contributed by atoms with Gasteiger partial charge in [0.2, 0.25) is 11.8 Å². The summed E-state index contributed by atoms with van der Waals surface area (Å²) in [4.78, 5) is 10.6. The molecule has 150 valence electrons. The second-order valence-electron chi connectivity index (χ2n) is 8.17. The highest BCUT2D eigenvalue weighted by Crippen LogP contribution is 2.46. The third-order valence-electron chi connectivity index (χ3n) is 5.56. The zero-order chi connectivity index (χ0) is 20.1. The first-order valence-electron chi connectivity index (χ1n) is 10.2. The van der Waals surface area contributed by atoms with Crippen molar-refractivity contribution in [2.75, 3.05) is 4.72 Å². The predicted octanol–water partition coefficient (Wildman–Crippen LogP) is 7.07. The van der Waals surface area contributed by atoms with Gasteiger partial charge >= 0.3 is 0 Å². The number of anilines is 1. The van der Waals surface area contributed by atoms with Crippen LogP contribution in [0.2, 0.25) is 0 Å². The van der Waals surface area contributed by atoms with Crippen LogP contribution in [0.15, 0.2) is 71.6 Å². The number of para-hydroxylation sites is 1. The Morgan fingerprint density at radius 2 is 1.69 bits per heavy atom. The molecule has 1 fully saturated rings. The van der Waals surface area contributed by atoms with Crippen molar-refractivity contribution in [3.05, 3.63) is 72.4 Å². The summed E-state index contributed by atoms with van der Waals surface area (Å²) in [5, 5.41) is 0. The lowest BCUT2D eigenvalue weighted by atomic mass is 9.67. The van der Waals surface area contributed by atoms with E-state index in [9.17, 15) is 0 Å². The molecule has 2 aromatic carbocycles. The SMILES string of the molecule is CC1(C)CCCCC1c1cc(Oc2ccccc2)nc(NSc2ccccc2)n1. The van der Waals surface area contributed by atoms with Crippen LogP contribution in [-0.2, 0) is 0 Å². The van der Waals surface area contributed by atoms with Crippen LogP contribution in [0.1, 0.15) is 51.1 Å². The summed E-state index contributed by atoms with van der Waals surface area (Å²) in [6.07, 6.45) is 4.91. The van der Waals surface area contributed by atoms with Gasteiger partial charge in [0, 0.05) is 16.9 Å². The molecule has 1 unspecified atom stereocenters. The van der Waals surface area contributed by atoms with E-state index in [0.29, 0.717) is 17.7 Å². The van der Waals surface area contributed by atoms with E-state index in [1.165, 1.54) is 31.2 Å². The van der Waals surface area contributed by atoms with Gasteiger partial charge in [0.25, 0.3) is 0 Å². The van der Waals surface area contributed by atoms with Crippen LogP contribution in [0.3, 0.4) is 0 Å². The van der Waals surface area contributed by atoms with E-state index in [-0.39, 0.29) is 5.41 Å². The number of hydrogen-bond donors (Lipinski definition) is 1. The summed E-state index contributed by atoms with van der Waals surface area (Å²) in [6, 6.07) is 22.0. The molecule has 1 aliphatic carbocycles. The van der Waals surface area contributed by atoms with E-state index >= 15 is 0 Å². The summed E-state index contributed by atoms with van der Waals surface area (Å²) < 4.78 is 9.38. The van der Waals surface area contributed by atoms with Gasteiger partial charge in [-0.1, -0.05) is 63.1 Å². The number of rotatable bonds is 6. The van der Waals surface area contributed by atoms with Crippen LogP contribution in [0.5, 0.6) is 11.6 Å². The van der Waals surface area contributed by atoms with Crippen LogP contribution >= 0.6 is 11.9 Å². The van der Waals surface area contributed by atoms with Gasteiger partial charge in [-0.05, 0) is 54.5 Å². The summed E-state index contributed by atoms with van der Waals surface area (Å²) in [5.74, 6) is 2.35. The first-order chi connectivity index (χ1) is 14.1. The normalized spacial score (nSPS) is 18.2. The first kappa shape index (κ1) is 19.8. The molecule has 1 saturated carbocycles. The van der Waals surface area contributed by atoms with Crippen molar-refractivity contribution < 1.29 is 4.74 Å². The molecule has 1 heterocycles. The molecule has 0 bridgehead atoms. The molecule has 0 amide bonds. The van der Waals surface area contributed by atoms with Crippen molar-refractivity contribution in [1.82, 2.24) is 9.97 Å². The maximum absolute atomic E-state index is 6.07. The van der Waals surface area contributed by atoms with Crippen molar-refractivity contribution >= 4 is 17.9 Å². The molecule has 29 heavy (non-hydrogen) atoms. The van der Waals surface area contributed by atoms with Gasteiger partial charge in [0.15, 0.2) is 0 Å². The third-order valence-corrected chi connectivity index (χ3v) is 6.35. The highest BCUT2D eigenvalue weighted by Gasteiger charge is 2.34. The van der Waals surface area contributed by atoms with Gasteiger partial charge in [-0.2, -0.15) is 4.98 Å². The minimum Gasteiger partial charge on any atom is -0.439 e. The lowest BCUT2D eigenvalue weighted by molar-refractivity contribution is 0.196. The highest BCUT2D eigenvalue weighted by molar-refractivity contribution is 8.00. The summed E-state index contributed by atoms with van der Waals surface area (Å²) in [5.41, 5.74) is 1.28.